The van der Waals surface area contributed by atoms with E-state index in [-0.39, 0.29) is 18.9 Å². The van der Waals surface area contributed by atoms with Gasteiger partial charge in [-0.25, -0.2) is 4.39 Å². The van der Waals surface area contributed by atoms with E-state index in [1.165, 1.54) is 6.07 Å². The molecule has 0 bridgehead atoms. The second-order valence-corrected chi connectivity index (χ2v) is 2.99. The fraction of sp³-hybridized carbons (Fsp3) is 0.222. The molecule has 1 aromatic rings. The number of amides is 1. The zero-order valence-corrected chi connectivity index (χ0v) is 6.80. The molecule has 68 valence electrons. The van der Waals surface area contributed by atoms with Crippen molar-refractivity contribution in [3.63, 3.8) is 0 Å². The van der Waals surface area contributed by atoms with Gasteiger partial charge >= 0.3 is 0 Å². The third kappa shape index (κ3) is 1.29. The molecule has 0 aromatic heterocycles. The highest BCUT2D eigenvalue weighted by Crippen LogP contribution is 2.27. The molecule has 1 aromatic carbocycles. The Balaban J connectivity index is 2.52. The molecule has 0 saturated heterocycles. The SMILES string of the molecule is O=C1Cc2c(F)cc(CO)cc2N1. The number of rotatable bonds is 1. The minimum atomic E-state index is -0.431. The summed E-state index contributed by atoms with van der Waals surface area (Å²) >= 11 is 0. The van der Waals surface area contributed by atoms with Crippen LogP contribution >= 0.6 is 0 Å². The molecule has 1 amide bonds. The van der Waals surface area contributed by atoms with Gasteiger partial charge in [-0.3, -0.25) is 4.79 Å². The van der Waals surface area contributed by atoms with Gasteiger partial charge in [0.1, 0.15) is 5.82 Å². The van der Waals surface area contributed by atoms with Crippen LogP contribution in [0.25, 0.3) is 0 Å². The highest BCUT2D eigenvalue weighted by atomic mass is 19.1. The van der Waals surface area contributed by atoms with E-state index in [1.807, 2.05) is 0 Å². The molecule has 0 saturated carbocycles. The highest BCUT2D eigenvalue weighted by Gasteiger charge is 2.21. The van der Waals surface area contributed by atoms with Gasteiger partial charge in [0.05, 0.1) is 13.0 Å². The van der Waals surface area contributed by atoms with E-state index in [2.05, 4.69) is 5.32 Å². The number of aliphatic hydroxyl groups excluding tert-OH is 1. The van der Waals surface area contributed by atoms with Crippen molar-refractivity contribution in [1.82, 2.24) is 0 Å². The van der Waals surface area contributed by atoms with Crippen molar-refractivity contribution in [2.75, 3.05) is 5.32 Å². The van der Waals surface area contributed by atoms with Gasteiger partial charge < -0.3 is 10.4 Å². The number of benzene rings is 1. The van der Waals surface area contributed by atoms with Crippen molar-refractivity contribution in [2.45, 2.75) is 13.0 Å². The van der Waals surface area contributed by atoms with Crippen molar-refractivity contribution in [2.24, 2.45) is 0 Å². The molecule has 0 atom stereocenters. The van der Waals surface area contributed by atoms with E-state index in [1.54, 1.807) is 6.07 Å². The number of carbonyl (C=O) groups excluding carboxylic acids is 1. The maximum Gasteiger partial charge on any atom is 0.228 e. The van der Waals surface area contributed by atoms with Crippen molar-refractivity contribution in [3.05, 3.63) is 29.1 Å². The number of carbonyl (C=O) groups is 1. The van der Waals surface area contributed by atoms with Gasteiger partial charge in [-0.05, 0) is 17.7 Å². The summed E-state index contributed by atoms with van der Waals surface area (Å²) in [7, 11) is 0. The topological polar surface area (TPSA) is 49.3 Å². The maximum absolute atomic E-state index is 13.2. The number of halogens is 1. The van der Waals surface area contributed by atoms with Crippen LogP contribution in [-0.2, 0) is 17.8 Å². The Kier molecular flexibility index (Phi) is 1.77. The van der Waals surface area contributed by atoms with Crippen molar-refractivity contribution >= 4 is 11.6 Å². The number of aliphatic hydroxyl groups is 1. The van der Waals surface area contributed by atoms with Crippen molar-refractivity contribution in [1.29, 1.82) is 0 Å². The Morgan fingerprint density at radius 3 is 3.00 bits per heavy atom. The molecule has 2 N–H and O–H groups in total. The van der Waals surface area contributed by atoms with Gasteiger partial charge in [0.2, 0.25) is 5.91 Å². The second-order valence-electron chi connectivity index (χ2n) is 2.99. The van der Waals surface area contributed by atoms with E-state index >= 15 is 0 Å². The van der Waals surface area contributed by atoms with E-state index < -0.39 is 5.82 Å². The van der Waals surface area contributed by atoms with Gasteiger partial charge in [0, 0.05) is 11.3 Å². The summed E-state index contributed by atoms with van der Waals surface area (Å²) in [6.07, 6.45) is 0.0902. The zero-order chi connectivity index (χ0) is 9.42. The monoisotopic (exact) mass is 181 g/mol. The predicted octanol–water partition coefficient (Wildman–Crippen LogP) is 0.813. The molecule has 0 radical (unpaired) electrons. The molecule has 2 rings (SSSR count). The van der Waals surface area contributed by atoms with Crippen LogP contribution < -0.4 is 5.32 Å². The number of hydrogen-bond donors (Lipinski definition) is 2. The van der Waals surface area contributed by atoms with Crippen molar-refractivity contribution in [3.8, 4) is 0 Å². The fourth-order valence-electron chi connectivity index (χ4n) is 1.43. The lowest BCUT2D eigenvalue weighted by Crippen LogP contribution is -2.03. The minimum Gasteiger partial charge on any atom is -0.392 e. The zero-order valence-electron chi connectivity index (χ0n) is 6.80. The molecule has 0 unspecified atom stereocenters. The summed E-state index contributed by atoms with van der Waals surface area (Å²) in [6, 6.07) is 2.84. The molecule has 0 fully saturated rings. The van der Waals surface area contributed by atoms with Gasteiger partial charge in [0.25, 0.3) is 0 Å². The largest absolute Gasteiger partial charge is 0.392 e. The van der Waals surface area contributed by atoms with Crippen LogP contribution in [0.15, 0.2) is 12.1 Å². The first kappa shape index (κ1) is 8.19. The Morgan fingerprint density at radius 2 is 2.31 bits per heavy atom. The van der Waals surface area contributed by atoms with Crippen molar-refractivity contribution < 1.29 is 14.3 Å². The summed E-state index contributed by atoms with van der Waals surface area (Å²) in [5, 5.41) is 11.3. The number of hydrogen-bond acceptors (Lipinski definition) is 2. The lowest BCUT2D eigenvalue weighted by molar-refractivity contribution is -0.115. The molecule has 0 aliphatic carbocycles. The third-order valence-corrected chi connectivity index (χ3v) is 2.05. The van der Waals surface area contributed by atoms with Crippen LogP contribution in [0.1, 0.15) is 11.1 Å². The average Bonchev–Trinajstić information content (AvgIpc) is 2.46. The summed E-state index contributed by atoms with van der Waals surface area (Å²) in [6.45, 7) is -0.222. The summed E-state index contributed by atoms with van der Waals surface area (Å²) in [4.78, 5) is 10.9. The van der Waals surface area contributed by atoms with Crippen LogP contribution in [0.4, 0.5) is 10.1 Å². The highest BCUT2D eigenvalue weighted by molar-refractivity contribution is 5.99. The number of nitrogens with one attached hydrogen (secondary N) is 1. The second kappa shape index (κ2) is 2.81. The standard InChI is InChI=1S/C9H8FNO2/c10-7-1-5(4-12)2-8-6(7)3-9(13)11-8/h1-2,12H,3-4H2,(H,11,13). The van der Waals surface area contributed by atoms with Gasteiger partial charge in [0.15, 0.2) is 0 Å². The minimum absolute atomic E-state index is 0.0902. The molecular weight excluding hydrogens is 173 g/mol. The predicted molar refractivity (Wildman–Crippen MR) is 44.7 cm³/mol. The summed E-state index contributed by atoms with van der Waals surface area (Å²) < 4.78 is 13.2. The van der Waals surface area contributed by atoms with Crippen LogP contribution in [0.2, 0.25) is 0 Å². The fourth-order valence-corrected chi connectivity index (χ4v) is 1.43. The maximum atomic E-state index is 13.2. The Morgan fingerprint density at radius 1 is 1.54 bits per heavy atom. The molecule has 1 aliphatic heterocycles. The molecule has 1 heterocycles. The van der Waals surface area contributed by atoms with E-state index in [0.717, 1.165) is 0 Å². The Bertz CT molecular complexity index is 376. The van der Waals surface area contributed by atoms with Crippen LogP contribution in [0.3, 0.4) is 0 Å². The van der Waals surface area contributed by atoms with Gasteiger partial charge in [-0.2, -0.15) is 0 Å². The normalized spacial score (nSPS) is 14.2. The first-order valence-corrected chi connectivity index (χ1v) is 3.92. The third-order valence-electron chi connectivity index (χ3n) is 2.05. The Labute approximate surface area is 74.2 Å². The van der Waals surface area contributed by atoms with E-state index in [9.17, 15) is 9.18 Å². The summed E-state index contributed by atoms with van der Waals surface area (Å²) in [5.41, 5.74) is 1.34. The first-order chi connectivity index (χ1) is 6.20. The smallest absolute Gasteiger partial charge is 0.228 e. The molecule has 1 aliphatic rings. The molecule has 13 heavy (non-hydrogen) atoms. The van der Waals surface area contributed by atoms with Crippen LogP contribution in [0, 0.1) is 5.82 Å². The van der Waals surface area contributed by atoms with Crippen LogP contribution in [0.5, 0.6) is 0 Å². The lowest BCUT2D eigenvalue weighted by atomic mass is 10.1. The Hall–Kier alpha value is -1.42. The first-order valence-electron chi connectivity index (χ1n) is 3.92. The molecule has 4 heteroatoms. The quantitative estimate of drug-likeness (QED) is 0.673. The molecule has 3 nitrogen and oxygen atoms in total. The van der Waals surface area contributed by atoms with E-state index in [4.69, 9.17) is 5.11 Å². The lowest BCUT2D eigenvalue weighted by Gasteiger charge is -2.02. The average molecular weight is 181 g/mol. The van der Waals surface area contributed by atoms with Crippen LogP contribution in [-0.4, -0.2) is 11.0 Å². The van der Waals surface area contributed by atoms with Gasteiger partial charge in [-0.15, -0.1) is 0 Å². The molecular formula is C9H8FNO2. The summed E-state index contributed by atoms with van der Waals surface area (Å²) in [5.74, 6) is -0.635. The van der Waals surface area contributed by atoms with Gasteiger partial charge in [-0.1, -0.05) is 0 Å². The number of fused-ring (bicyclic) bond motifs is 1. The molecule has 0 spiro atoms. The van der Waals surface area contributed by atoms with E-state index in [0.29, 0.717) is 16.8 Å². The number of anilines is 1.